The number of likely N-dealkylation sites (tertiary alicyclic amines) is 2. The standard InChI is InChI=1S/C21H24N2O5.C21H24N2O4/c24-18-8-6-16(7-9-18)20(26)22-12-17-10-11-23(13-19(17)25)21(27)28-14-15-4-2-1-3-5-15;24-19-10-8-18(9-11-19)20(25)22-13-17-7-4-12-23(14-17)21(26)27-15-16-5-2-1-3-6-16/h1-9,17,19,24-25H,10-14H2,(H,22,26);1-3,5-6,8-11,17,24H,4,7,12-15H2,(H,22,25)/t17-,19+;/m0./s1. The molecule has 0 saturated carbocycles. The Hall–Kier alpha value is -6.08. The number of hydrogen-bond acceptors (Lipinski definition) is 9. The number of phenols is 2. The Morgan fingerprint density at radius 1 is 0.600 bits per heavy atom. The number of hydrogen-bond donors (Lipinski definition) is 5. The van der Waals surface area contributed by atoms with Crippen molar-refractivity contribution in [3.63, 3.8) is 0 Å². The number of nitrogens with one attached hydrogen (secondary N) is 2. The summed E-state index contributed by atoms with van der Waals surface area (Å²) < 4.78 is 10.7. The molecule has 2 fully saturated rings. The lowest BCUT2D eigenvalue weighted by Gasteiger charge is -2.35. The van der Waals surface area contributed by atoms with Crippen molar-refractivity contribution in [2.75, 3.05) is 39.3 Å². The summed E-state index contributed by atoms with van der Waals surface area (Å²) in [6, 6.07) is 31.1. The monoisotopic (exact) mass is 752 g/mol. The molecule has 55 heavy (non-hydrogen) atoms. The number of aliphatic hydroxyl groups excluding tert-OH is 1. The van der Waals surface area contributed by atoms with E-state index in [0.717, 1.165) is 24.0 Å². The molecule has 290 valence electrons. The van der Waals surface area contributed by atoms with Gasteiger partial charge in [0.05, 0.1) is 12.6 Å². The summed E-state index contributed by atoms with van der Waals surface area (Å²) in [5, 5.41) is 34.6. The number of phenolic OH excluding ortho intramolecular Hbond substituents is 2. The van der Waals surface area contributed by atoms with Crippen molar-refractivity contribution in [1.82, 2.24) is 20.4 Å². The van der Waals surface area contributed by atoms with Gasteiger partial charge >= 0.3 is 12.2 Å². The molecule has 1 unspecified atom stereocenters. The first kappa shape index (κ1) is 40.1. The molecule has 0 spiro atoms. The highest BCUT2D eigenvalue weighted by atomic mass is 16.6. The van der Waals surface area contributed by atoms with Crippen molar-refractivity contribution in [2.45, 2.75) is 38.6 Å². The molecule has 2 aliphatic heterocycles. The molecular weight excluding hydrogens is 704 g/mol. The molecule has 4 amide bonds. The van der Waals surface area contributed by atoms with E-state index in [1.807, 2.05) is 60.7 Å². The van der Waals surface area contributed by atoms with Crippen LogP contribution in [0.1, 0.15) is 51.1 Å². The molecule has 4 aromatic rings. The van der Waals surface area contributed by atoms with Gasteiger partial charge in [-0.15, -0.1) is 0 Å². The third kappa shape index (κ3) is 12.8. The molecule has 13 nitrogen and oxygen atoms in total. The Morgan fingerprint density at radius 2 is 1.07 bits per heavy atom. The summed E-state index contributed by atoms with van der Waals surface area (Å²) in [6.07, 6.45) is 0.914. The number of aromatic hydroxyl groups is 2. The summed E-state index contributed by atoms with van der Waals surface area (Å²) in [4.78, 5) is 52.0. The van der Waals surface area contributed by atoms with E-state index in [2.05, 4.69) is 10.6 Å². The van der Waals surface area contributed by atoms with Crippen LogP contribution in [0.15, 0.2) is 109 Å². The lowest BCUT2D eigenvalue weighted by Crippen LogP contribution is -2.49. The maximum absolute atomic E-state index is 12.3. The number of β-amino-alcohol motifs (C(OH)–C–C–N with tert-alkyl or cyclic N) is 1. The second-order valence-corrected chi connectivity index (χ2v) is 13.6. The van der Waals surface area contributed by atoms with Crippen LogP contribution in [0.3, 0.4) is 0 Å². The van der Waals surface area contributed by atoms with Crippen LogP contribution in [0.5, 0.6) is 11.5 Å². The van der Waals surface area contributed by atoms with E-state index < -0.39 is 12.2 Å². The van der Waals surface area contributed by atoms with Gasteiger partial charge in [-0.3, -0.25) is 9.59 Å². The summed E-state index contributed by atoms with van der Waals surface area (Å²) in [5.74, 6) is -0.166. The van der Waals surface area contributed by atoms with Gasteiger partial charge in [-0.25, -0.2) is 9.59 Å². The Morgan fingerprint density at radius 3 is 1.56 bits per heavy atom. The highest BCUT2D eigenvalue weighted by Gasteiger charge is 2.31. The molecule has 0 aromatic heterocycles. The number of carbonyl (C=O) groups is 4. The van der Waals surface area contributed by atoms with Crippen LogP contribution in [0.2, 0.25) is 0 Å². The SMILES string of the molecule is O=C(NCC1CCCN(C(=O)OCc2ccccc2)C1)c1ccc(O)cc1.O=C(NC[C@@H]1CCN(C(=O)OCc2ccccc2)C[C@H]1O)c1ccc(O)cc1. The lowest BCUT2D eigenvalue weighted by atomic mass is 9.94. The predicted molar refractivity (Wildman–Crippen MR) is 204 cm³/mol. The minimum Gasteiger partial charge on any atom is -0.508 e. The first-order valence-electron chi connectivity index (χ1n) is 18.4. The molecule has 2 saturated heterocycles. The van der Waals surface area contributed by atoms with Gasteiger partial charge in [0.15, 0.2) is 0 Å². The summed E-state index contributed by atoms with van der Waals surface area (Å²) in [7, 11) is 0. The molecule has 0 bridgehead atoms. The number of nitrogens with zero attached hydrogens (tertiary/aromatic N) is 2. The molecule has 0 aliphatic carbocycles. The van der Waals surface area contributed by atoms with E-state index in [9.17, 15) is 34.5 Å². The van der Waals surface area contributed by atoms with E-state index in [0.29, 0.717) is 50.3 Å². The quantitative estimate of drug-likeness (QED) is 0.144. The topological polar surface area (TPSA) is 178 Å². The second-order valence-electron chi connectivity index (χ2n) is 13.6. The summed E-state index contributed by atoms with van der Waals surface area (Å²) >= 11 is 0. The number of benzene rings is 4. The van der Waals surface area contributed by atoms with Crippen molar-refractivity contribution in [3.8, 4) is 11.5 Å². The molecular formula is C42H48N4O9. The minimum atomic E-state index is -0.738. The zero-order valence-corrected chi connectivity index (χ0v) is 30.6. The molecule has 0 radical (unpaired) electrons. The van der Waals surface area contributed by atoms with Crippen molar-refractivity contribution < 1.29 is 44.0 Å². The Labute approximate surface area is 320 Å². The highest BCUT2D eigenvalue weighted by Crippen LogP contribution is 2.20. The number of carbonyl (C=O) groups excluding carboxylic acids is 4. The average Bonchev–Trinajstić information content (AvgIpc) is 3.22. The van der Waals surface area contributed by atoms with Gasteiger partial charge in [-0.1, -0.05) is 60.7 Å². The van der Waals surface area contributed by atoms with Crippen molar-refractivity contribution in [3.05, 3.63) is 131 Å². The van der Waals surface area contributed by atoms with Crippen LogP contribution in [-0.4, -0.2) is 94.5 Å². The Balaban J connectivity index is 0.000000211. The maximum atomic E-state index is 12.3. The molecule has 6 rings (SSSR count). The third-order valence-electron chi connectivity index (χ3n) is 9.50. The van der Waals surface area contributed by atoms with E-state index >= 15 is 0 Å². The van der Waals surface area contributed by atoms with Gasteiger partial charge in [-0.2, -0.15) is 0 Å². The lowest BCUT2D eigenvalue weighted by molar-refractivity contribution is 0.0139. The van der Waals surface area contributed by atoms with Crippen LogP contribution in [0.4, 0.5) is 9.59 Å². The van der Waals surface area contributed by atoms with Gasteiger partial charge in [-0.05, 0) is 84.8 Å². The molecule has 2 aliphatic rings. The largest absolute Gasteiger partial charge is 0.508 e. The summed E-state index contributed by atoms with van der Waals surface area (Å²) in [6.45, 7) is 3.16. The number of piperidine rings is 2. The number of rotatable bonds is 10. The molecule has 3 atom stereocenters. The normalized spacial score (nSPS) is 17.9. The van der Waals surface area contributed by atoms with Crippen LogP contribution < -0.4 is 10.6 Å². The van der Waals surface area contributed by atoms with Gasteiger partial charge < -0.3 is 45.2 Å². The zero-order valence-electron chi connectivity index (χ0n) is 30.6. The second kappa shape index (κ2) is 20.4. The van der Waals surface area contributed by atoms with Crippen molar-refractivity contribution in [2.24, 2.45) is 11.8 Å². The van der Waals surface area contributed by atoms with Gasteiger partial charge in [0.1, 0.15) is 24.7 Å². The van der Waals surface area contributed by atoms with E-state index in [1.54, 1.807) is 17.0 Å². The van der Waals surface area contributed by atoms with E-state index in [-0.39, 0.29) is 61.0 Å². The van der Waals surface area contributed by atoms with E-state index in [4.69, 9.17) is 9.47 Å². The van der Waals surface area contributed by atoms with E-state index in [1.165, 1.54) is 41.3 Å². The number of ether oxygens (including phenoxy) is 2. The number of amides is 4. The first-order chi connectivity index (χ1) is 26.6. The molecule has 5 N–H and O–H groups in total. The van der Waals surface area contributed by atoms with Crippen molar-refractivity contribution in [1.29, 1.82) is 0 Å². The first-order valence-corrected chi connectivity index (χ1v) is 18.4. The van der Waals surface area contributed by atoms with Crippen LogP contribution in [0.25, 0.3) is 0 Å². The third-order valence-corrected chi connectivity index (χ3v) is 9.50. The molecule has 4 aromatic carbocycles. The summed E-state index contributed by atoms with van der Waals surface area (Å²) in [5.41, 5.74) is 2.81. The highest BCUT2D eigenvalue weighted by molar-refractivity contribution is 5.94. The smallest absolute Gasteiger partial charge is 0.410 e. The Kier molecular flexibility index (Phi) is 14.9. The predicted octanol–water partition coefficient (Wildman–Crippen LogP) is 5.31. The van der Waals surface area contributed by atoms with Gasteiger partial charge in [0.2, 0.25) is 0 Å². The number of aliphatic hydroxyl groups is 1. The maximum Gasteiger partial charge on any atom is 0.410 e. The zero-order chi connectivity index (χ0) is 39.0. The average molecular weight is 753 g/mol. The van der Waals surface area contributed by atoms with Crippen LogP contribution in [0, 0.1) is 11.8 Å². The fourth-order valence-electron chi connectivity index (χ4n) is 6.29. The van der Waals surface area contributed by atoms with Crippen LogP contribution >= 0.6 is 0 Å². The Bertz CT molecular complexity index is 1830. The fourth-order valence-corrected chi connectivity index (χ4v) is 6.29. The van der Waals surface area contributed by atoms with Crippen molar-refractivity contribution >= 4 is 24.0 Å². The minimum absolute atomic E-state index is 0.0958. The molecule has 2 heterocycles. The van der Waals surface area contributed by atoms with Gasteiger partial charge in [0.25, 0.3) is 11.8 Å². The van der Waals surface area contributed by atoms with Crippen LogP contribution in [-0.2, 0) is 22.7 Å². The van der Waals surface area contributed by atoms with Gasteiger partial charge in [0, 0.05) is 49.8 Å². The molecule has 13 heteroatoms. The fraction of sp³-hybridized carbons (Fsp3) is 0.333.